The maximum absolute atomic E-state index is 11.8. The van der Waals surface area contributed by atoms with Gasteiger partial charge in [-0.25, -0.2) is 0 Å². The van der Waals surface area contributed by atoms with Gasteiger partial charge in [-0.2, -0.15) is 0 Å². The van der Waals surface area contributed by atoms with Crippen molar-refractivity contribution in [1.82, 2.24) is 4.90 Å². The highest BCUT2D eigenvalue weighted by Crippen LogP contribution is 2.27. The summed E-state index contributed by atoms with van der Waals surface area (Å²) in [7, 11) is 0. The summed E-state index contributed by atoms with van der Waals surface area (Å²) < 4.78 is 5.54. The van der Waals surface area contributed by atoms with Crippen LogP contribution in [0.5, 0.6) is 0 Å². The second kappa shape index (κ2) is 5.12. The normalized spacial score (nSPS) is 31.3. The Hall–Kier alpha value is -0.980. The van der Waals surface area contributed by atoms with Gasteiger partial charge in [0.1, 0.15) is 0 Å². The van der Waals surface area contributed by atoms with Gasteiger partial charge >= 0.3 is 0 Å². The van der Waals surface area contributed by atoms with Crippen molar-refractivity contribution in [3.8, 4) is 0 Å². The van der Waals surface area contributed by atoms with Crippen LogP contribution in [0.15, 0.2) is 0 Å². The summed E-state index contributed by atoms with van der Waals surface area (Å²) in [5, 5.41) is 18.1. The van der Waals surface area contributed by atoms with Gasteiger partial charge in [-0.3, -0.25) is 14.5 Å². The zero-order chi connectivity index (χ0) is 12.4. The average molecular weight is 243 g/mol. The molecule has 96 valence electrons. The molecule has 3 unspecified atom stereocenters. The highest BCUT2D eigenvalue weighted by molar-refractivity contribution is 5.96. The molecule has 3 atom stereocenters. The van der Waals surface area contributed by atoms with Crippen LogP contribution in [0.25, 0.3) is 0 Å². The van der Waals surface area contributed by atoms with Crippen molar-refractivity contribution in [1.29, 1.82) is 0 Å². The van der Waals surface area contributed by atoms with Gasteiger partial charge in [-0.15, -0.1) is 0 Å². The summed E-state index contributed by atoms with van der Waals surface area (Å²) in [5.41, 5.74) is 0. The molecule has 2 N–H and O–H groups in total. The molecule has 2 saturated heterocycles. The zero-order valence-corrected chi connectivity index (χ0v) is 9.54. The predicted molar refractivity (Wildman–Crippen MR) is 56.9 cm³/mol. The van der Waals surface area contributed by atoms with E-state index in [2.05, 4.69) is 0 Å². The van der Waals surface area contributed by atoms with E-state index >= 15 is 0 Å². The standard InChI is InChI=1S/C11H17NO5/c13-6-7(14)5-12-10(15)3-8-1-2-9(17-8)4-11(12)16/h7-9,13-14H,1-6H2. The first kappa shape index (κ1) is 12.5. The van der Waals surface area contributed by atoms with E-state index in [1.165, 1.54) is 0 Å². The van der Waals surface area contributed by atoms with Crippen molar-refractivity contribution < 1.29 is 24.5 Å². The van der Waals surface area contributed by atoms with Gasteiger partial charge in [0.15, 0.2) is 0 Å². The lowest BCUT2D eigenvalue weighted by Crippen LogP contribution is -2.46. The van der Waals surface area contributed by atoms with Crippen LogP contribution in [0, 0.1) is 0 Å². The van der Waals surface area contributed by atoms with Gasteiger partial charge in [0, 0.05) is 0 Å². The summed E-state index contributed by atoms with van der Waals surface area (Å²) >= 11 is 0. The molecule has 2 amide bonds. The molecule has 6 heteroatoms. The molecule has 2 bridgehead atoms. The van der Waals surface area contributed by atoms with Crippen LogP contribution < -0.4 is 0 Å². The Balaban J connectivity index is 2.07. The molecule has 2 rings (SSSR count). The number of ether oxygens (including phenoxy) is 1. The molecule has 2 fully saturated rings. The summed E-state index contributed by atoms with van der Waals surface area (Å²) in [6.07, 6.45) is 0.700. The van der Waals surface area contributed by atoms with E-state index in [0.717, 1.165) is 17.7 Å². The Kier molecular flexibility index (Phi) is 3.76. The summed E-state index contributed by atoms with van der Waals surface area (Å²) in [4.78, 5) is 24.7. The Labute approximate surface area is 99.2 Å². The first-order valence-corrected chi connectivity index (χ1v) is 5.87. The fourth-order valence-electron chi connectivity index (χ4n) is 2.30. The van der Waals surface area contributed by atoms with Gasteiger partial charge in [0.05, 0.1) is 44.3 Å². The number of β-amino-alcohol motifs (C(OH)–C–C–N with tert-alkyl or cyclic N) is 1. The van der Waals surface area contributed by atoms with Crippen LogP contribution in [0.1, 0.15) is 25.7 Å². The lowest BCUT2D eigenvalue weighted by Gasteiger charge is -2.27. The molecule has 0 radical (unpaired) electrons. The van der Waals surface area contributed by atoms with Crippen molar-refractivity contribution in [2.24, 2.45) is 0 Å². The molecule has 0 aromatic heterocycles. The molecule has 0 aromatic carbocycles. The Morgan fingerprint density at radius 1 is 1.24 bits per heavy atom. The molecule has 2 aliphatic heterocycles. The van der Waals surface area contributed by atoms with E-state index in [0.29, 0.717) is 0 Å². The smallest absolute Gasteiger partial charge is 0.231 e. The van der Waals surface area contributed by atoms with Gasteiger partial charge in [-0.05, 0) is 12.8 Å². The van der Waals surface area contributed by atoms with Crippen LogP contribution in [0.2, 0.25) is 0 Å². The maximum Gasteiger partial charge on any atom is 0.231 e. The van der Waals surface area contributed by atoms with Crippen LogP contribution in [-0.2, 0) is 14.3 Å². The van der Waals surface area contributed by atoms with Crippen LogP contribution in [0.4, 0.5) is 0 Å². The molecular formula is C11H17NO5. The van der Waals surface area contributed by atoms with Crippen molar-refractivity contribution in [3.05, 3.63) is 0 Å². The van der Waals surface area contributed by atoms with Crippen molar-refractivity contribution >= 4 is 11.8 Å². The van der Waals surface area contributed by atoms with E-state index in [1.54, 1.807) is 0 Å². The SMILES string of the molecule is O=C1CC2CCC(CC(=O)N1CC(O)CO)O2. The molecule has 0 aromatic rings. The van der Waals surface area contributed by atoms with Gasteiger partial charge in [0.25, 0.3) is 0 Å². The molecule has 0 saturated carbocycles. The Bertz CT molecular complexity index is 295. The third-order valence-corrected chi connectivity index (χ3v) is 3.21. The summed E-state index contributed by atoms with van der Waals surface area (Å²) in [5.74, 6) is -0.652. The number of carbonyl (C=O) groups excluding carboxylic acids is 2. The van der Waals surface area contributed by atoms with Crippen LogP contribution in [0.3, 0.4) is 0 Å². The number of amides is 2. The van der Waals surface area contributed by atoms with Gasteiger partial charge < -0.3 is 14.9 Å². The minimum Gasteiger partial charge on any atom is -0.394 e. The minimum absolute atomic E-state index is 0.102. The van der Waals surface area contributed by atoms with E-state index in [1.807, 2.05) is 0 Å². The Morgan fingerprint density at radius 2 is 1.76 bits per heavy atom. The first-order chi connectivity index (χ1) is 8.10. The third kappa shape index (κ3) is 2.83. The highest BCUT2D eigenvalue weighted by Gasteiger charge is 2.36. The van der Waals surface area contributed by atoms with Gasteiger partial charge in [-0.1, -0.05) is 0 Å². The van der Waals surface area contributed by atoms with E-state index in [4.69, 9.17) is 9.84 Å². The van der Waals surface area contributed by atoms with Crippen molar-refractivity contribution in [2.45, 2.75) is 44.0 Å². The predicted octanol–water partition coefficient (Wildman–Crippen LogP) is -0.964. The summed E-state index contributed by atoms with van der Waals surface area (Å²) in [6.45, 7) is -0.589. The number of aliphatic hydroxyl groups is 2. The number of fused-ring (bicyclic) bond motifs is 2. The van der Waals surface area contributed by atoms with E-state index in [-0.39, 0.29) is 43.4 Å². The molecule has 2 heterocycles. The molecule has 2 aliphatic rings. The zero-order valence-electron chi connectivity index (χ0n) is 9.54. The third-order valence-electron chi connectivity index (χ3n) is 3.21. The minimum atomic E-state index is -1.07. The number of hydrogen-bond donors (Lipinski definition) is 2. The largest absolute Gasteiger partial charge is 0.394 e. The first-order valence-electron chi connectivity index (χ1n) is 5.87. The van der Waals surface area contributed by atoms with Gasteiger partial charge in [0.2, 0.25) is 11.8 Å². The fraction of sp³-hybridized carbons (Fsp3) is 0.818. The molecular weight excluding hydrogens is 226 g/mol. The number of rotatable bonds is 3. The molecule has 0 spiro atoms. The van der Waals surface area contributed by atoms with E-state index in [9.17, 15) is 14.7 Å². The number of aliphatic hydroxyl groups excluding tert-OH is 2. The van der Waals surface area contributed by atoms with Crippen molar-refractivity contribution in [3.63, 3.8) is 0 Å². The number of carbonyl (C=O) groups is 2. The lowest BCUT2D eigenvalue weighted by atomic mass is 10.1. The number of hydrogen-bond acceptors (Lipinski definition) is 5. The topological polar surface area (TPSA) is 87.1 Å². The van der Waals surface area contributed by atoms with E-state index < -0.39 is 12.7 Å². The molecule has 17 heavy (non-hydrogen) atoms. The monoisotopic (exact) mass is 243 g/mol. The van der Waals surface area contributed by atoms with Crippen LogP contribution >= 0.6 is 0 Å². The maximum atomic E-state index is 11.8. The second-order valence-corrected chi connectivity index (χ2v) is 4.60. The number of imide groups is 1. The second-order valence-electron chi connectivity index (χ2n) is 4.60. The Morgan fingerprint density at radius 3 is 2.24 bits per heavy atom. The lowest BCUT2D eigenvalue weighted by molar-refractivity contribution is -0.153. The average Bonchev–Trinajstić information content (AvgIpc) is 2.72. The molecule has 6 nitrogen and oxygen atoms in total. The van der Waals surface area contributed by atoms with Crippen molar-refractivity contribution in [2.75, 3.05) is 13.2 Å². The van der Waals surface area contributed by atoms with Crippen LogP contribution in [-0.4, -0.2) is 58.4 Å². The molecule has 0 aliphatic carbocycles. The quantitative estimate of drug-likeness (QED) is 0.623. The number of nitrogens with zero attached hydrogens (tertiary/aromatic N) is 1. The fourth-order valence-corrected chi connectivity index (χ4v) is 2.30. The summed E-state index contributed by atoms with van der Waals surface area (Å²) in [6, 6.07) is 0. The highest BCUT2D eigenvalue weighted by atomic mass is 16.5.